The zero-order valence-corrected chi connectivity index (χ0v) is 12.3. The van der Waals surface area contributed by atoms with Gasteiger partial charge in [-0.15, -0.1) is 0 Å². The fourth-order valence-corrected chi connectivity index (χ4v) is 2.85. The second kappa shape index (κ2) is 6.53. The predicted molar refractivity (Wildman–Crippen MR) is 75.3 cm³/mol. The molecule has 4 nitrogen and oxygen atoms in total. The number of hydrogen-bond acceptors (Lipinski definition) is 3. The van der Waals surface area contributed by atoms with E-state index in [0.29, 0.717) is 0 Å². The average Bonchev–Trinajstić information content (AvgIpc) is 2.24. The lowest BCUT2D eigenvalue weighted by molar-refractivity contribution is -0.126. The Bertz CT molecular complexity index is 276. The lowest BCUT2D eigenvalue weighted by atomic mass is 9.85. The molecule has 1 rings (SSSR count). The summed E-state index contributed by atoms with van der Waals surface area (Å²) in [6, 6.07) is 0.212. The minimum absolute atomic E-state index is 0.107. The van der Waals surface area contributed by atoms with Crippen molar-refractivity contribution in [3.8, 4) is 0 Å². The Morgan fingerprint density at radius 2 is 2.06 bits per heavy atom. The number of amides is 1. The summed E-state index contributed by atoms with van der Waals surface area (Å²) >= 11 is 0. The summed E-state index contributed by atoms with van der Waals surface area (Å²) in [7, 11) is 4.12. The molecule has 1 amide bonds. The topological polar surface area (TPSA) is 58.4 Å². The molecule has 0 aromatic carbocycles. The molecule has 0 aromatic heterocycles. The molecule has 2 unspecified atom stereocenters. The van der Waals surface area contributed by atoms with Crippen LogP contribution in [0.4, 0.5) is 0 Å². The van der Waals surface area contributed by atoms with E-state index in [1.165, 1.54) is 0 Å². The van der Waals surface area contributed by atoms with E-state index in [0.717, 1.165) is 38.8 Å². The highest BCUT2D eigenvalue weighted by molar-refractivity contribution is 5.78. The number of nitrogens with two attached hydrogens (primary N) is 1. The van der Waals surface area contributed by atoms with E-state index in [9.17, 15) is 4.79 Å². The summed E-state index contributed by atoms with van der Waals surface area (Å²) < 4.78 is 0. The summed E-state index contributed by atoms with van der Waals surface area (Å²) in [5, 5.41) is 3.10. The Labute approximate surface area is 111 Å². The molecule has 0 radical (unpaired) electrons. The van der Waals surface area contributed by atoms with Gasteiger partial charge in [0.15, 0.2) is 0 Å². The third-order valence-corrected chi connectivity index (χ3v) is 3.57. The summed E-state index contributed by atoms with van der Waals surface area (Å²) in [5.74, 6) is 0.320. The molecule has 0 spiro atoms. The average molecular weight is 255 g/mol. The molecular weight excluding hydrogens is 226 g/mol. The second-order valence-electron chi connectivity index (χ2n) is 6.74. The fourth-order valence-electron chi connectivity index (χ4n) is 2.85. The zero-order chi connectivity index (χ0) is 13.8. The minimum atomic E-state index is 0.107. The van der Waals surface area contributed by atoms with Crippen molar-refractivity contribution in [2.24, 2.45) is 17.1 Å². The number of carbonyl (C=O) groups is 1. The van der Waals surface area contributed by atoms with Crippen molar-refractivity contribution in [3.63, 3.8) is 0 Å². The normalized spacial score (nSPS) is 25.2. The summed E-state index contributed by atoms with van der Waals surface area (Å²) in [4.78, 5) is 14.3. The van der Waals surface area contributed by atoms with Gasteiger partial charge in [0.2, 0.25) is 5.91 Å². The van der Waals surface area contributed by atoms with Crippen LogP contribution in [0.3, 0.4) is 0 Å². The van der Waals surface area contributed by atoms with Crippen molar-refractivity contribution in [1.29, 1.82) is 0 Å². The molecule has 18 heavy (non-hydrogen) atoms. The molecule has 0 bridgehead atoms. The molecule has 1 aliphatic rings. The first kappa shape index (κ1) is 15.4. The van der Waals surface area contributed by atoms with Gasteiger partial charge in [0, 0.05) is 25.0 Å². The molecule has 106 valence electrons. The third-order valence-electron chi connectivity index (χ3n) is 3.57. The lowest BCUT2D eigenvalue weighted by Crippen LogP contribution is -2.43. The maximum atomic E-state index is 12.1. The first-order valence-electron chi connectivity index (χ1n) is 6.98. The molecule has 4 heteroatoms. The quantitative estimate of drug-likeness (QED) is 0.776. The van der Waals surface area contributed by atoms with Crippen LogP contribution in [0.2, 0.25) is 0 Å². The van der Waals surface area contributed by atoms with Crippen LogP contribution >= 0.6 is 0 Å². The molecule has 0 saturated heterocycles. The molecule has 0 heterocycles. The van der Waals surface area contributed by atoms with E-state index in [1.54, 1.807) is 0 Å². The molecule has 1 aliphatic carbocycles. The molecular formula is C14H29N3O. The molecule has 0 aromatic rings. The van der Waals surface area contributed by atoms with E-state index in [-0.39, 0.29) is 23.3 Å². The van der Waals surface area contributed by atoms with Gasteiger partial charge in [-0.3, -0.25) is 4.79 Å². The van der Waals surface area contributed by atoms with E-state index in [2.05, 4.69) is 38.2 Å². The van der Waals surface area contributed by atoms with E-state index in [1.807, 2.05) is 0 Å². The maximum absolute atomic E-state index is 12.1. The Hall–Kier alpha value is -0.610. The van der Waals surface area contributed by atoms with Crippen molar-refractivity contribution >= 4 is 5.91 Å². The van der Waals surface area contributed by atoms with Crippen LogP contribution in [0.1, 0.15) is 39.5 Å². The van der Waals surface area contributed by atoms with Crippen LogP contribution in [0.5, 0.6) is 0 Å². The van der Waals surface area contributed by atoms with Crippen LogP contribution in [-0.2, 0) is 4.79 Å². The van der Waals surface area contributed by atoms with Gasteiger partial charge in [-0.05, 0) is 38.8 Å². The van der Waals surface area contributed by atoms with Gasteiger partial charge >= 0.3 is 0 Å². The SMILES string of the molecule is CN(C)CC(C)(C)CNC(=O)C1CCCC(N)C1. The Morgan fingerprint density at radius 3 is 2.61 bits per heavy atom. The zero-order valence-electron chi connectivity index (χ0n) is 12.3. The van der Waals surface area contributed by atoms with Crippen LogP contribution in [0.25, 0.3) is 0 Å². The van der Waals surface area contributed by atoms with Gasteiger partial charge in [0.1, 0.15) is 0 Å². The Kier molecular flexibility index (Phi) is 5.60. The van der Waals surface area contributed by atoms with Crippen molar-refractivity contribution in [3.05, 3.63) is 0 Å². The van der Waals surface area contributed by atoms with Gasteiger partial charge in [0.25, 0.3) is 0 Å². The summed E-state index contributed by atoms with van der Waals surface area (Å²) in [5.41, 5.74) is 6.03. The lowest BCUT2D eigenvalue weighted by Gasteiger charge is -2.30. The molecule has 1 saturated carbocycles. The smallest absolute Gasteiger partial charge is 0.223 e. The van der Waals surface area contributed by atoms with Crippen molar-refractivity contribution < 1.29 is 4.79 Å². The summed E-state index contributed by atoms with van der Waals surface area (Å²) in [6.07, 6.45) is 3.99. The first-order valence-corrected chi connectivity index (χ1v) is 6.98. The van der Waals surface area contributed by atoms with Gasteiger partial charge in [0.05, 0.1) is 0 Å². The number of nitrogens with one attached hydrogen (secondary N) is 1. The van der Waals surface area contributed by atoms with Crippen LogP contribution in [0, 0.1) is 11.3 Å². The van der Waals surface area contributed by atoms with Gasteiger partial charge in [-0.2, -0.15) is 0 Å². The van der Waals surface area contributed by atoms with E-state index < -0.39 is 0 Å². The monoisotopic (exact) mass is 255 g/mol. The van der Waals surface area contributed by atoms with Crippen LogP contribution < -0.4 is 11.1 Å². The fraction of sp³-hybridized carbons (Fsp3) is 0.929. The molecule has 0 aliphatic heterocycles. The van der Waals surface area contributed by atoms with Gasteiger partial charge in [-0.25, -0.2) is 0 Å². The number of nitrogens with zero attached hydrogens (tertiary/aromatic N) is 1. The summed E-state index contributed by atoms with van der Waals surface area (Å²) in [6.45, 7) is 6.06. The van der Waals surface area contributed by atoms with E-state index >= 15 is 0 Å². The predicted octanol–water partition coefficient (Wildman–Crippen LogP) is 1.21. The third kappa shape index (κ3) is 5.36. The number of hydrogen-bond donors (Lipinski definition) is 2. The number of rotatable bonds is 5. The van der Waals surface area contributed by atoms with Crippen LogP contribution in [-0.4, -0.2) is 44.0 Å². The van der Waals surface area contributed by atoms with Crippen molar-refractivity contribution in [2.75, 3.05) is 27.2 Å². The maximum Gasteiger partial charge on any atom is 0.223 e. The highest BCUT2D eigenvalue weighted by Crippen LogP contribution is 2.23. The first-order chi connectivity index (χ1) is 8.30. The number of carbonyl (C=O) groups excluding carboxylic acids is 1. The van der Waals surface area contributed by atoms with E-state index in [4.69, 9.17) is 5.73 Å². The Morgan fingerprint density at radius 1 is 1.39 bits per heavy atom. The molecule has 2 atom stereocenters. The van der Waals surface area contributed by atoms with Gasteiger partial charge in [-0.1, -0.05) is 20.3 Å². The van der Waals surface area contributed by atoms with Crippen molar-refractivity contribution in [1.82, 2.24) is 10.2 Å². The highest BCUT2D eigenvalue weighted by atomic mass is 16.1. The largest absolute Gasteiger partial charge is 0.355 e. The second-order valence-corrected chi connectivity index (χ2v) is 6.74. The highest BCUT2D eigenvalue weighted by Gasteiger charge is 2.27. The van der Waals surface area contributed by atoms with Gasteiger partial charge < -0.3 is 16.0 Å². The standard InChI is InChI=1S/C14H29N3O/c1-14(2,10-17(3)4)9-16-13(18)11-6-5-7-12(15)8-11/h11-12H,5-10,15H2,1-4H3,(H,16,18). The molecule has 1 fully saturated rings. The van der Waals surface area contributed by atoms with Crippen molar-refractivity contribution in [2.45, 2.75) is 45.6 Å². The van der Waals surface area contributed by atoms with Crippen LogP contribution in [0.15, 0.2) is 0 Å². The molecule has 3 N–H and O–H groups in total. The Balaban J connectivity index is 2.36. The minimum Gasteiger partial charge on any atom is -0.355 e.